The molecule has 0 bridgehead atoms. The van der Waals surface area contributed by atoms with Gasteiger partial charge in [-0.3, -0.25) is 4.79 Å². The van der Waals surface area contributed by atoms with E-state index in [1.54, 1.807) is 16.5 Å². The summed E-state index contributed by atoms with van der Waals surface area (Å²) in [6.45, 7) is 1.56. The van der Waals surface area contributed by atoms with E-state index < -0.39 is 17.6 Å². The zero-order valence-corrected chi connectivity index (χ0v) is 13.2. The van der Waals surface area contributed by atoms with Gasteiger partial charge < -0.3 is 14.5 Å². The van der Waals surface area contributed by atoms with Gasteiger partial charge in [0.25, 0.3) is 5.91 Å². The van der Waals surface area contributed by atoms with Crippen LogP contribution in [0.1, 0.15) is 11.3 Å². The second kappa shape index (κ2) is 6.46. The van der Waals surface area contributed by atoms with Crippen LogP contribution in [0.25, 0.3) is 5.65 Å². The van der Waals surface area contributed by atoms with Crippen LogP contribution in [0.2, 0.25) is 0 Å². The number of rotatable bonds is 4. The van der Waals surface area contributed by atoms with Crippen molar-refractivity contribution in [2.75, 3.05) is 11.9 Å². The fraction of sp³-hybridized carbons (Fsp3) is 0.176. The maximum atomic E-state index is 12.5. The first-order valence-corrected chi connectivity index (χ1v) is 7.37. The lowest BCUT2D eigenvalue weighted by atomic mass is 10.2. The molecule has 0 aliphatic rings. The standard InChI is InChI=1S/C17H14F3N3O2/c1-11-9-23-8-2-3-14(16(23)21-11)25-10-15(24)22-13-6-4-12(5-7-13)17(18,19)20/h2-9H,10H2,1H3,(H,22,24). The molecule has 3 aromatic rings. The van der Waals surface area contributed by atoms with Crippen molar-refractivity contribution in [1.29, 1.82) is 0 Å². The zero-order valence-electron chi connectivity index (χ0n) is 13.2. The number of amides is 1. The van der Waals surface area contributed by atoms with E-state index in [2.05, 4.69) is 10.3 Å². The molecule has 1 N–H and O–H groups in total. The van der Waals surface area contributed by atoms with Crippen molar-refractivity contribution in [2.24, 2.45) is 0 Å². The Labute approximate surface area is 141 Å². The highest BCUT2D eigenvalue weighted by Gasteiger charge is 2.29. The van der Waals surface area contributed by atoms with Crippen molar-refractivity contribution >= 4 is 17.2 Å². The van der Waals surface area contributed by atoms with Crippen LogP contribution in [0.4, 0.5) is 18.9 Å². The van der Waals surface area contributed by atoms with Crippen molar-refractivity contribution in [3.8, 4) is 5.75 Å². The van der Waals surface area contributed by atoms with Crippen LogP contribution < -0.4 is 10.1 Å². The molecular formula is C17H14F3N3O2. The van der Waals surface area contributed by atoms with E-state index >= 15 is 0 Å². The Morgan fingerprint density at radius 3 is 2.64 bits per heavy atom. The molecule has 25 heavy (non-hydrogen) atoms. The Kier molecular flexibility index (Phi) is 4.35. The molecule has 0 spiro atoms. The summed E-state index contributed by atoms with van der Waals surface area (Å²) >= 11 is 0. The van der Waals surface area contributed by atoms with Gasteiger partial charge in [-0.15, -0.1) is 0 Å². The maximum absolute atomic E-state index is 12.5. The summed E-state index contributed by atoms with van der Waals surface area (Å²) in [4.78, 5) is 16.2. The quantitative estimate of drug-likeness (QED) is 0.782. The minimum Gasteiger partial charge on any atom is -0.480 e. The number of anilines is 1. The molecule has 0 saturated carbocycles. The van der Waals surface area contributed by atoms with E-state index in [0.29, 0.717) is 11.4 Å². The number of aromatic nitrogens is 2. The molecule has 0 aliphatic carbocycles. The second-order valence-electron chi connectivity index (χ2n) is 5.40. The Morgan fingerprint density at radius 1 is 1.24 bits per heavy atom. The average Bonchev–Trinajstić information content (AvgIpc) is 2.93. The predicted octanol–water partition coefficient (Wildman–Crippen LogP) is 3.68. The minimum absolute atomic E-state index is 0.261. The topological polar surface area (TPSA) is 55.6 Å². The van der Waals surface area contributed by atoms with E-state index in [4.69, 9.17) is 4.74 Å². The number of carbonyl (C=O) groups excluding carboxylic acids is 1. The molecule has 0 aliphatic heterocycles. The zero-order chi connectivity index (χ0) is 18.0. The van der Waals surface area contributed by atoms with E-state index in [9.17, 15) is 18.0 Å². The molecule has 1 aromatic carbocycles. The smallest absolute Gasteiger partial charge is 0.416 e. The largest absolute Gasteiger partial charge is 0.480 e. The number of aryl methyl sites for hydroxylation is 1. The molecule has 0 unspecified atom stereocenters. The third kappa shape index (κ3) is 3.90. The molecule has 130 valence electrons. The van der Waals surface area contributed by atoms with Crippen molar-refractivity contribution in [3.05, 3.63) is 60.0 Å². The van der Waals surface area contributed by atoms with Crippen molar-refractivity contribution in [2.45, 2.75) is 13.1 Å². The van der Waals surface area contributed by atoms with Crippen LogP contribution in [0.15, 0.2) is 48.8 Å². The molecule has 2 aromatic heterocycles. The number of benzene rings is 1. The number of hydrogen-bond donors (Lipinski definition) is 1. The van der Waals surface area contributed by atoms with Crippen LogP contribution in [-0.4, -0.2) is 21.9 Å². The lowest BCUT2D eigenvalue weighted by molar-refractivity contribution is -0.137. The Bertz CT molecular complexity index is 902. The van der Waals surface area contributed by atoms with Gasteiger partial charge in [0.2, 0.25) is 0 Å². The number of hydrogen-bond acceptors (Lipinski definition) is 3. The number of alkyl halides is 3. The van der Waals surface area contributed by atoms with Gasteiger partial charge in [-0.2, -0.15) is 13.2 Å². The SMILES string of the molecule is Cc1cn2cccc(OCC(=O)Nc3ccc(C(F)(F)F)cc3)c2n1. The van der Waals surface area contributed by atoms with E-state index in [1.165, 1.54) is 12.1 Å². The second-order valence-corrected chi connectivity index (χ2v) is 5.40. The van der Waals surface area contributed by atoms with E-state index in [0.717, 1.165) is 17.8 Å². The number of halogens is 3. The molecular weight excluding hydrogens is 335 g/mol. The first kappa shape index (κ1) is 16.8. The molecule has 0 atom stereocenters. The summed E-state index contributed by atoms with van der Waals surface area (Å²) in [5.74, 6) is -0.0387. The van der Waals surface area contributed by atoms with Gasteiger partial charge in [0, 0.05) is 18.1 Å². The van der Waals surface area contributed by atoms with Crippen LogP contribution in [0.3, 0.4) is 0 Å². The minimum atomic E-state index is -4.41. The summed E-state index contributed by atoms with van der Waals surface area (Å²) < 4.78 is 44.8. The highest BCUT2D eigenvalue weighted by molar-refractivity contribution is 5.92. The first-order chi connectivity index (χ1) is 11.8. The number of nitrogens with zero attached hydrogens (tertiary/aromatic N) is 2. The molecule has 0 radical (unpaired) electrons. The van der Waals surface area contributed by atoms with Crippen LogP contribution in [0, 0.1) is 6.92 Å². The van der Waals surface area contributed by atoms with Gasteiger partial charge in [0.15, 0.2) is 18.0 Å². The summed E-state index contributed by atoms with van der Waals surface area (Å²) in [6.07, 6.45) is -0.776. The number of imidazole rings is 1. The molecule has 0 saturated heterocycles. The van der Waals surface area contributed by atoms with Gasteiger partial charge >= 0.3 is 6.18 Å². The molecule has 3 rings (SSSR count). The van der Waals surface area contributed by atoms with Gasteiger partial charge in [0.1, 0.15) is 0 Å². The number of nitrogens with one attached hydrogen (secondary N) is 1. The maximum Gasteiger partial charge on any atom is 0.416 e. The van der Waals surface area contributed by atoms with Gasteiger partial charge in [-0.05, 0) is 43.3 Å². The highest BCUT2D eigenvalue weighted by atomic mass is 19.4. The molecule has 2 heterocycles. The fourth-order valence-corrected chi connectivity index (χ4v) is 2.31. The van der Waals surface area contributed by atoms with Gasteiger partial charge in [-0.25, -0.2) is 4.98 Å². The number of pyridine rings is 1. The van der Waals surface area contributed by atoms with E-state index in [1.807, 2.05) is 19.3 Å². The normalized spacial score (nSPS) is 11.5. The number of ether oxygens (including phenoxy) is 1. The third-order valence-electron chi connectivity index (χ3n) is 3.42. The molecule has 1 amide bonds. The van der Waals surface area contributed by atoms with Crippen molar-refractivity contribution < 1.29 is 22.7 Å². The monoisotopic (exact) mass is 349 g/mol. The summed E-state index contributed by atoms with van der Waals surface area (Å²) in [7, 11) is 0. The summed E-state index contributed by atoms with van der Waals surface area (Å²) in [5.41, 5.74) is 0.882. The van der Waals surface area contributed by atoms with Crippen molar-refractivity contribution in [3.63, 3.8) is 0 Å². The fourth-order valence-electron chi connectivity index (χ4n) is 2.31. The highest BCUT2D eigenvalue weighted by Crippen LogP contribution is 2.29. The number of fused-ring (bicyclic) bond motifs is 1. The number of carbonyl (C=O) groups is 1. The lowest BCUT2D eigenvalue weighted by Gasteiger charge is -2.10. The Morgan fingerprint density at radius 2 is 1.96 bits per heavy atom. The van der Waals surface area contributed by atoms with Crippen LogP contribution >= 0.6 is 0 Å². The van der Waals surface area contributed by atoms with Crippen LogP contribution in [-0.2, 0) is 11.0 Å². The van der Waals surface area contributed by atoms with Gasteiger partial charge in [-0.1, -0.05) is 0 Å². The summed E-state index contributed by atoms with van der Waals surface area (Å²) in [5, 5.41) is 2.49. The first-order valence-electron chi connectivity index (χ1n) is 7.37. The lowest BCUT2D eigenvalue weighted by Crippen LogP contribution is -2.20. The molecule has 0 fully saturated rings. The Hall–Kier alpha value is -3.03. The van der Waals surface area contributed by atoms with Gasteiger partial charge in [0.05, 0.1) is 11.3 Å². The third-order valence-corrected chi connectivity index (χ3v) is 3.42. The predicted molar refractivity (Wildman–Crippen MR) is 85.5 cm³/mol. The van der Waals surface area contributed by atoms with Crippen LogP contribution in [0.5, 0.6) is 5.75 Å². The Balaban J connectivity index is 1.63. The van der Waals surface area contributed by atoms with E-state index in [-0.39, 0.29) is 12.3 Å². The van der Waals surface area contributed by atoms with Crippen molar-refractivity contribution in [1.82, 2.24) is 9.38 Å². The average molecular weight is 349 g/mol. The summed E-state index contributed by atoms with van der Waals surface area (Å²) in [6, 6.07) is 7.65. The molecule has 8 heteroatoms. The molecule has 5 nitrogen and oxygen atoms in total.